The molecule has 3 rings (SSSR count). The Labute approximate surface area is 147 Å². The molecule has 1 fully saturated rings. The number of hydrogen-bond acceptors (Lipinski definition) is 5. The lowest BCUT2D eigenvalue weighted by molar-refractivity contribution is -0.0287. The first-order chi connectivity index (χ1) is 12.2. The number of anilines is 1. The summed E-state index contributed by atoms with van der Waals surface area (Å²) >= 11 is 0. The number of benzene rings is 1. The molecule has 132 valence electrons. The Morgan fingerprint density at radius 3 is 2.72 bits per heavy atom. The van der Waals surface area contributed by atoms with E-state index in [0.29, 0.717) is 23.7 Å². The van der Waals surface area contributed by atoms with E-state index in [1.165, 1.54) is 0 Å². The van der Waals surface area contributed by atoms with E-state index < -0.39 is 0 Å². The number of rotatable bonds is 5. The summed E-state index contributed by atoms with van der Waals surface area (Å²) in [5.41, 5.74) is 2.29. The molecular formula is C19H23N3O3. The molecule has 25 heavy (non-hydrogen) atoms. The molecule has 0 saturated carbocycles. The number of morpholine rings is 1. The van der Waals surface area contributed by atoms with Crippen LogP contribution in [-0.4, -0.2) is 36.7 Å². The second-order valence-corrected chi connectivity index (χ2v) is 5.99. The van der Waals surface area contributed by atoms with Crippen LogP contribution in [0.25, 0.3) is 0 Å². The molecule has 1 saturated heterocycles. The molecule has 1 aliphatic heterocycles. The van der Waals surface area contributed by atoms with Crippen LogP contribution in [0.1, 0.15) is 35.9 Å². The van der Waals surface area contributed by atoms with Crippen molar-refractivity contribution < 1.29 is 14.3 Å². The van der Waals surface area contributed by atoms with Crippen molar-refractivity contribution in [2.24, 2.45) is 0 Å². The number of carbonyl (C=O) groups excluding carboxylic acids is 1. The molecule has 2 aromatic rings. The first-order valence-electron chi connectivity index (χ1n) is 8.52. The Balaban J connectivity index is 1.62. The lowest BCUT2D eigenvalue weighted by atomic mass is 10.0. The van der Waals surface area contributed by atoms with Crippen molar-refractivity contribution in [2.45, 2.75) is 26.1 Å². The highest BCUT2D eigenvalue weighted by Gasteiger charge is 2.20. The van der Waals surface area contributed by atoms with Gasteiger partial charge in [-0.05, 0) is 37.6 Å². The fourth-order valence-electron chi connectivity index (χ4n) is 2.73. The molecule has 1 aromatic heterocycles. The maximum absolute atomic E-state index is 12.4. The first-order valence-corrected chi connectivity index (χ1v) is 8.52. The zero-order valence-electron chi connectivity index (χ0n) is 14.5. The number of nitrogens with one attached hydrogen (secondary N) is 2. The van der Waals surface area contributed by atoms with Crippen molar-refractivity contribution in [3.05, 3.63) is 53.7 Å². The van der Waals surface area contributed by atoms with Crippen molar-refractivity contribution in [3.8, 4) is 5.88 Å². The van der Waals surface area contributed by atoms with Crippen LogP contribution in [0, 0.1) is 0 Å². The second-order valence-electron chi connectivity index (χ2n) is 5.99. The fraction of sp³-hybridized carbons (Fsp3) is 0.368. The third-order valence-electron chi connectivity index (χ3n) is 3.99. The molecule has 0 spiro atoms. The summed E-state index contributed by atoms with van der Waals surface area (Å²) in [6, 6.07) is 11.0. The maximum Gasteiger partial charge on any atom is 0.255 e. The number of nitrogens with zero attached hydrogens (tertiary/aromatic N) is 1. The molecule has 0 aliphatic carbocycles. The Bertz CT molecular complexity index is 701. The standard InChI is InChI=1S/C19H23N3O3/c1-3-24-18-9-8-16(11-21-18)22-19(23)15-6-4-14(5-7-15)17-12-20-10-13(2)25-17/h4-9,11,13,17,20H,3,10,12H2,1-2H3,(H,22,23)/t13-,17-/m1/s1. The van der Waals surface area contributed by atoms with Gasteiger partial charge in [-0.1, -0.05) is 12.1 Å². The van der Waals surface area contributed by atoms with Gasteiger partial charge in [-0.25, -0.2) is 4.98 Å². The summed E-state index contributed by atoms with van der Waals surface area (Å²) in [7, 11) is 0. The van der Waals surface area contributed by atoms with Gasteiger partial charge in [0.05, 0.1) is 30.7 Å². The minimum Gasteiger partial charge on any atom is -0.478 e. The molecule has 1 aromatic carbocycles. The van der Waals surface area contributed by atoms with Crippen LogP contribution in [0.3, 0.4) is 0 Å². The minimum atomic E-state index is -0.173. The Kier molecular flexibility index (Phi) is 5.63. The van der Waals surface area contributed by atoms with Gasteiger partial charge in [0.1, 0.15) is 0 Å². The van der Waals surface area contributed by atoms with E-state index in [-0.39, 0.29) is 18.1 Å². The highest BCUT2D eigenvalue weighted by Crippen LogP contribution is 2.22. The summed E-state index contributed by atoms with van der Waals surface area (Å²) in [6.45, 7) is 6.16. The average molecular weight is 341 g/mol. The molecule has 2 atom stereocenters. The van der Waals surface area contributed by atoms with Gasteiger partial charge in [-0.2, -0.15) is 0 Å². The van der Waals surface area contributed by atoms with Crippen molar-refractivity contribution in [3.63, 3.8) is 0 Å². The van der Waals surface area contributed by atoms with Gasteiger partial charge in [0.2, 0.25) is 5.88 Å². The molecule has 1 amide bonds. The van der Waals surface area contributed by atoms with Gasteiger partial charge in [-0.15, -0.1) is 0 Å². The zero-order chi connectivity index (χ0) is 17.6. The van der Waals surface area contributed by atoms with Crippen molar-refractivity contribution >= 4 is 11.6 Å². The highest BCUT2D eigenvalue weighted by molar-refractivity contribution is 6.04. The van der Waals surface area contributed by atoms with Crippen molar-refractivity contribution in [2.75, 3.05) is 25.0 Å². The predicted octanol–water partition coefficient (Wildman–Crippen LogP) is 2.78. The van der Waals surface area contributed by atoms with E-state index in [1.54, 1.807) is 18.3 Å². The summed E-state index contributed by atoms with van der Waals surface area (Å²) in [6.07, 6.45) is 1.80. The zero-order valence-corrected chi connectivity index (χ0v) is 14.5. The third-order valence-corrected chi connectivity index (χ3v) is 3.99. The van der Waals surface area contributed by atoms with Crippen LogP contribution in [0.2, 0.25) is 0 Å². The van der Waals surface area contributed by atoms with E-state index in [9.17, 15) is 4.79 Å². The van der Waals surface area contributed by atoms with Crippen molar-refractivity contribution in [1.29, 1.82) is 0 Å². The number of hydrogen-bond donors (Lipinski definition) is 2. The molecule has 2 heterocycles. The maximum atomic E-state index is 12.4. The minimum absolute atomic E-state index is 0.0242. The SMILES string of the molecule is CCOc1ccc(NC(=O)c2ccc([C@H]3CNC[C@@H](C)O3)cc2)cn1. The first kappa shape index (κ1) is 17.4. The molecular weight excluding hydrogens is 318 g/mol. The summed E-state index contributed by atoms with van der Waals surface area (Å²) in [4.78, 5) is 16.5. The highest BCUT2D eigenvalue weighted by atomic mass is 16.5. The van der Waals surface area contributed by atoms with Crippen LogP contribution in [0.5, 0.6) is 5.88 Å². The quantitative estimate of drug-likeness (QED) is 0.875. The normalized spacial score (nSPS) is 20.1. The van der Waals surface area contributed by atoms with E-state index >= 15 is 0 Å². The van der Waals surface area contributed by atoms with Gasteiger partial charge in [-0.3, -0.25) is 4.79 Å². The van der Waals surface area contributed by atoms with Crippen LogP contribution in [0.4, 0.5) is 5.69 Å². The lowest BCUT2D eigenvalue weighted by Crippen LogP contribution is -2.38. The number of carbonyl (C=O) groups is 1. The number of pyridine rings is 1. The monoisotopic (exact) mass is 341 g/mol. The van der Waals surface area contributed by atoms with Crippen LogP contribution >= 0.6 is 0 Å². The third kappa shape index (κ3) is 4.55. The van der Waals surface area contributed by atoms with Gasteiger partial charge in [0.25, 0.3) is 5.91 Å². The van der Waals surface area contributed by atoms with Crippen molar-refractivity contribution in [1.82, 2.24) is 10.3 Å². The predicted molar refractivity (Wildman–Crippen MR) is 96.0 cm³/mol. The Morgan fingerprint density at radius 2 is 2.08 bits per heavy atom. The Morgan fingerprint density at radius 1 is 1.28 bits per heavy atom. The smallest absolute Gasteiger partial charge is 0.255 e. The van der Waals surface area contributed by atoms with Gasteiger partial charge >= 0.3 is 0 Å². The van der Waals surface area contributed by atoms with E-state index in [2.05, 4.69) is 15.6 Å². The second kappa shape index (κ2) is 8.09. The van der Waals surface area contributed by atoms with E-state index in [0.717, 1.165) is 18.7 Å². The molecule has 2 N–H and O–H groups in total. The summed E-state index contributed by atoms with van der Waals surface area (Å²) < 4.78 is 11.2. The van der Waals surface area contributed by atoms with Gasteiger partial charge in [0.15, 0.2) is 0 Å². The molecule has 0 bridgehead atoms. The van der Waals surface area contributed by atoms with Crippen LogP contribution in [0.15, 0.2) is 42.6 Å². The van der Waals surface area contributed by atoms with E-state index in [1.807, 2.05) is 38.1 Å². The lowest BCUT2D eigenvalue weighted by Gasteiger charge is -2.29. The number of ether oxygens (including phenoxy) is 2. The topological polar surface area (TPSA) is 72.5 Å². The molecule has 6 nitrogen and oxygen atoms in total. The molecule has 6 heteroatoms. The number of amides is 1. The summed E-state index contributed by atoms with van der Waals surface area (Å²) in [5.74, 6) is 0.369. The summed E-state index contributed by atoms with van der Waals surface area (Å²) in [5, 5.41) is 6.18. The van der Waals surface area contributed by atoms with Crippen LogP contribution < -0.4 is 15.4 Å². The van der Waals surface area contributed by atoms with Gasteiger partial charge < -0.3 is 20.1 Å². The molecule has 0 unspecified atom stereocenters. The number of aromatic nitrogens is 1. The van der Waals surface area contributed by atoms with Crippen LogP contribution in [-0.2, 0) is 4.74 Å². The largest absolute Gasteiger partial charge is 0.478 e. The fourth-order valence-corrected chi connectivity index (χ4v) is 2.73. The van der Waals surface area contributed by atoms with Gasteiger partial charge in [0, 0.05) is 24.7 Å². The average Bonchev–Trinajstić information content (AvgIpc) is 2.64. The van der Waals surface area contributed by atoms with E-state index in [4.69, 9.17) is 9.47 Å². The molecule has 0 radical (unpaired) electrons. The Hall–Kier alpha value is -2.44. The molecule has 1 aliphatic rings.